The van der Waals surface area contributed by atoms with Crippen LogP contribution in [0.3, 0.4) is 0 Å². The van der Waals surface area contributed by atoms with E-state index in [0.29, 0.717) is 0 Å². The second-order valence-corrected chi connectivity index (χ2v) is 9.32. The molecule has 2 aliphatic heterocycles. The molecular formula is C22H29N3O2S. The number of carbonyl (C=O) groups is 1. The number of hydrogen-bond acceptors (Lipinski definition) is 6. The van der Waals surface area contributed by atoms with Crippen molar-refractivity contribution in [2.24, 2.45) is 5.41 Å². The Bertz CT molecular complexity index is 891. The van der Waals surface area contributed by atoms with Gasteiger partial charge in [-0.2, -0.15) is 0 Å². The molecule has 0 aliphatic carbocycles. The molecule has 2 aromatic rings. The first kappa shape index (κ1) is 19.5. The minimum atomic E-state index is -0.297. The minimum absolute atomic E-state index is 0.00580. The van der Waals surface area contributed by atoms with E-state index in [1.807, 2.05) is 14.1 Å². The van der Waals surface area contributed by atoms with Crippen molar-refractivity contribution >= 4 is 34.5 Å². The maximum absolute atomic E-state index is 12.6. The van der Waals surface area contributed by atoms with Gasteiger partial charge in [0.1, 0.15) is 11.9 Å². The average Bonchev–Trinajstić information content (AvgIpc) is 2.95. The molecule has 3 heterocycles. The number of aromatic nitrogens is 1. The number of pyridine rings is 1. The third-order valence-electron chi connectivity index (χ3n) is 6.15. The van der Waals surface area contributed by atoms with Gasteiger partial charge in [-0.05, 0) is 63.9 Å². The SMILES string of the molecule is CSc1ccc2c(C)cc(N3CCC4(CC3)CC(CN(C)C)OC4=O)nc2c1. The molecule has 0 N–H and O–H groups in total. The van der Waals surface area contributed by atoms with Crippen LogP contribution in [0.15, 0.2) is 29.2 Å². The summed E-state index contributed by atoms with van der Waals surface area (Å²) in [6, 6.07) is 8.67. The van der Waals surface area contributed by atoms with Crippen molar-refractivity contribution < 1.29 is 9.53 Å². The summed E-state index contributed by atoms with van der Waals surface area (Å²) >= 11 is 1.74. The Kier molecular flexibility index (Phi) is 5.27. The van der Waals surface area contributed by atoms with E-state index in [1.165, 1.54) is 15.8 Å². The van der Waals surface area contributed by atoms with Crippen LogP contribution in [-0.4, -0.2) is 61.9 Å². The van der Waals surface area contributed by atoms with Gasteiger partial charge in [0.15, 0.2) is 0 Å². The maximum Gasteiger partial charge on any atom is 0.312 e. The van der Waals surface area contributed by atoms with Crippen LogP contribution in [-0.2, 0) is 9.53 Å². The Labute approximate surface area is 171 Å². The Balaban J connectivity index is 1.51. The Morgan fingerprint density at radius 1 is 1.29 bits per heavy atom. The van der Waals surface area contributed by atoms with Crippen LogP contribution in [0.5, 0.6) is 0 Å². The van der Waals surface area contributed by atoms with Gasteiger partial charge in [-0.1, -0.05) is 6.07 Å². The lowest BCUT2D eigenvalue weighted by Crippen LogP contribution is -2.43. The summed E-state index contributed by atoms with van der Waals surface area (Å²) in [7, 11) is 4.05. The number of hydrogen-bond donors (Lipinski definition) is 0. The Hall–Kier alpha value is -1.79. The molecule has 6 heteroatoms. The zero-order valence-electron chi connectivity index (χ0n) is 17.2. The number of piperidine rings is 1. The number of carbonyl (C=O) groups excluding carboxylic acids is 1. The molecule has 2 aliphatic rings. The van der Waals surface area contributed by atoms with Gasteiger partial charge < -0.3 is 14.5 Å². The monoisotopic (exact) mass is 399 g/mol. The summed E-state index contributed by atoms with van der Waals surface area (Å²) in [4.78, 5) is 23.2. The van der Waals surface area contributed by atoms with Gasteiger partial charge in [-0.25, -0.2) is 4.98 Å². The summed E-state index contributed by atoms with van der Waals surface area (Å²) in [5.74, 6) is 1.03. The zero-order valence-corrected chi connectivity index (χ0v) is 18.0. The summed E-state index contributed by atoms with van der Waals surface area (Å²) < 4.78 is 5.69. The first-order valence-corrected chi connectivity index (χ1v) is 11.2. The molecule has 1 aromatic carbocycles. The topological polar surface area (TPSA) is 45.7 Å². The molecule has 2 saturated heterocycles. The number of aryl methyl sites for hydroxylation is 1. The van der Waals surface area contributed by atoms with Crippen LogP contribution >= 0.6 is 11.8 Å². The summed E-state index contributed by atoms with van der Waals surface area (Å²) in [6.45, 7) is 4.66. The van der Waals surface area contributed by atoms with E-state index in [2.05, 4.69) is 47.2 Å². The van der Waals surface area contributed by atoms with Crippen LogP contribution in [0.1, 0.15) is 24.8 Å². The summed E-state index contributed by atoms with van der Waals surface area (Å²) in [6.07, 6.45) is 4.66. The molecule has 1 spiro atoms. The predicted molar refractivity (Wildman–Crippen MR) is 115 cm³/mol. The average molecular weight is 400 g/mol. The lowest BCUT2D eigenvalue weighted by atomic mass is 9.76. The van der Waals surface area contributed by atoms with Gasteiger partial charge in [-0.3, -0.25) is 4.79 Å². The van der Waals surface area contributed by atoms with E-state index in [9.17, 15) is 4.79 Å². The van der Waals surface area contributed by atoms with Gasteiger partial charge in [0.25, 0.3) is 0 Å². The van der Waals surface area contributed by atoms with Crippen LogP contribution in [0.4, 0.5) is 5.82 Å². The van der Waals surface area contributed by atoms with Gasteiger partial charge in [0, 0.05) is 36.3 Å². The number of thioether (sulfide) groups is 1. The van der Waals surface area contributed by atoms with E-state index in [0.717, 1.165) is 50.2 Å². The molecule has 0 amide bonds. The number of cyclic esters (lactones) is 1. The molecule has 0 radical (unpaired) electrons. The second-order valence-electron chi connectivity index (χ2n) is 8.44. The Morgan fingerprint density at radius 2 is 2.04 bits per heavy atom. The highest BCUT2D eigenvalue weighted by Gasteiger charge is 2.50. The Morgan fingerprint density at radius 3 is 2.71 bits per heavy atom. The number of nitrogens with zero attached hydrogens (tertiary/aromatic N) is 3. The summed E-state index contributed by atoms with van der Waals surface area (Å²) in [5, 5.41) is 1.21. The quantitative estimate of drug-likeness (QED) is 0.577. The molecule has 1 atom stereocenters. The van der Waals surface area contributed by atoms with E-state index in [-0.39, 0.29) is 17.5 Å². The van der Waals surface area contributed by atoms with Crippen molar-refractivity contribution in [2.45, 2.75) is 37.2 Å². The molecule has 0 bridgehead atoms. The highest BCUT2D eigenvalue weighted by molar-refractivity contribution is 7.98. The first-order valence-electron chi connectivity index (χ1n) is 9.96. The number of esters is 1. The smallest absolute Gasteiger partial charge is 0.312 e. The molecule has 5 nitrogen and oxygen atoms in total. The van der Waals surface area contributed by atoms with E-state index >= 15 is 0 Å². The first-order chi connectivity index (χ1) is 13.4. The molecule has 150 valence electrons. The van der Waals surface area contributed by atoms with Gasteiger partial charge >= 0.3 is 5.97 Å². The van der Waals surface area contributed by atoms with Crippen LogP contribution < -0.4 is 4.90 Å². The largest absolute Gasteiger partial charge is 0.461 e. The molecule has 1 unspecified atom stereocenters. The van der Waals surface area contributed by atoms with Crippen molar-refractivity contribution in [1.82, 2.24) is 9.88 Å². The number of fused-ring (bicyclic) bond motifs is 1. The van der Waals surface area contributed by atoms with Crippen LogP contribution in [0.25, 0.3) is 10.9 Å². The normalized spacial score (nSPS) is 21.7. The fraction of sp³-hybridized carbons (Fsp3) is 0.545. The van der Waals surface area contributed by atoms with Crippen molar-refractivity contribution in [1.29, 1.82) is 0 Å². The fourth-order valence-electron chi connectivity index (χ4n) is 4.57. The number of benzene rings is 1. The number of likely N-dealkylation sites (N-methyl/N-ethyl adjacent to an activating group) is 1. The predicted octanol–water partition coefficient (Wildman–Crippen LogP) is 3.73. The molecule has 0 saturated carbocycles. The van der Waals surface area contributed by atoms with Crippen LogP contribution in [0, 0.1) is 12.3 Å². The van der Waals surface area contributed by atoms with Crippen molar-refractivity contribution in [2.75, 3.05) is 44.9 Å². The van der Waals surface area contributed by atoms with Gasteiger partial charge in [0.05, 0.1) is 10.9 Å². The molecular weight excluding hydrogens is 370 g/mol. The maximum atomic E-state index is 12.6. The molecule has 1 aromatic heterocycles. The molecule has 2 fully saturated rings. The third-order valence-corrected chi connectivity index (χ3v) is 6.87. The summed E-state index contributed by atoms with van der Waals surface area (Å²) in [5.41, 5.74) is 2.00. The minimum Gasteiger partial charge on any atom is -0.461 e. The highest BCUT2D eigenvalue weighted by atomic mass is 32.2. The second kappa shape index (κ2) is 7.56. The molecule has 28 heavy (non-hydrogen) atoms. The number of rotatable bonds is 4. The van der Waals surface area contributed by atoms with Crippen molar-refractivity contribution in [3.05, 3.63) is 29.8 Å². The van der Waals surface area contributed by atoms with Gasteiger partial charge in [0.2, 0.25) is 0 Å². The zero-order chi connectivity index (χ0) is 19.9. The number of anilines is 1. The lowest BCUT2D eigenvalue weighted by molar-refractivity contribution is -0.150. The van der Waals surface area contributed by atoms with E-state index in [1.54, 1.807) is 11.8 Å². The highest BCUT2D eigenvalue weighted by Crippen LogP contribution is 2.44. The number of ether oxygens (including phenoxy) is 1. The van der Waals surface area contributed by atoms with Crippen molar-refractivity contribution in [3.8, 4) is 0 Å². The fourth-order valence-corrected chi connectivity index (χ4v) is 5.01. The van der Waals surface area contributed by atoms with Gasteiger partial charge in [-0.15, -0.1) is 11.8 Å². The van der Waals surface area contributed by atoms with Crippen LogP contribution in [0.2, 0.25) is 0 Å². The standard InChI is InChI=1S/C22H29N3O2S/c1-15-11-20(23-19-12-17(28-4)5-6-18(15)19)25-9-7-22(8-10-25)13-16(14-24(2)3)27-21(22)26/h5-6,11-12,16H,7-10,13-14H2,1-4H3. The molecule has 4 rings (SSSR count). The van der Waals surface area contributed by atoms with E-state index in [4.69, 9.17) is 9.72 Å². The van der Waals surface area contributed by atoms with E-state index < -0.39 is 0 Å². The third kappa shape index (κ3) is 3.60. The van der Waals surface area contributed by atoms with Crippen molar-refractivity contribution in [3.63, 3.8) is 0 Å². The lowest BCUT2D eigenvalue weighted by Gasteiger charge is -2.37.